The fraction of sp³-hybridized carbons (Fsp3) is 0.417. The summed E-state index contributed by atoms with van der Waals surface area (Å²) in [5.74, 6) is -1.40. The quantitative estimate of drug-likeness (QED) is 0.745. The molecule has 1 heterocycles. The average molecular weight is 252 g/mol. The van der Waals surface area contributed by atoms with E-state index >= 15 is 0 Å². The van der Waals surface area contributed by atoms with Crippen molar-refractivity contribution in [2.75, 3.05) is 13.7 Å². The molecule has 1 aromatic heterocycles. The molecule has 1 amide bonds. The normalized spacial score (nSPS) is 9.89. The molecule has 0 saturated heterocycles. The number of unbranched alkanes of at least 4 members (excludes halogenated alkanes) is 1. The monoisotopic (exact) mass is 252 g/mol. The molecule has 0 atom stereocenters. The van der Waals surface area contributed by atoms with Gasteiger partial charge < -0.3 is 15.2 Å². The van der Waals surface area contributed by atoms with Crippen molar-refractivity contribution in [2.45, 2.75) is 19.8 Å². The summed E-state index contributed by atoms with van der Waals surface area (Å²) in [6.07, 6.45) is 3.11. The number of nitrogens with zero attached hydrogens (tertiary/aromatic N) is 1. The number of amides is 1. The summed E-state index contributed by atoms with van der Waals surface area (Å²) < 4.78 is 4.90. The van der Waals surface area contributed by atoms with Crippen LogP contribution in [0.4, 0.5) is 0 Å². The van der Waals surface area contributed by atoms with Gasteiger partial charge in [0.1, 0.15) is 0 Å². The van der Waals surface area contributed by atoms with Crippen LogP contribution < -0.4 is 10.1 Å². The van der Waals surface area contributed by atoms with E-state index in [1.807, 2.05) is 6.92 Å². The van der Waals surface area contributed by atoms with Crippen LogP contribution in [0.2, 0.25) is 0 Å². The number of carboxylic acids is 1. The minimum absolute atomic E-state index is 0.0747. The number of hydrogen-bond acceptors (Lipinski definition) is 4. The number of carboxylic acid groups (broad SMARTS) is 1. The number of ether oxygens (including phenoxy) is 1. The molecule has 0 bridgehead atoms. The Morgan fingerprint density at radius 3 is 2.78 bits per heavy atom. The van der Waals surface area contributed by atoms with Gasteiger partial charge in [-0.2, -0.15) is 0 Å². The molecule has 0 aliphatic rings. The molecule has 0 unspecified atom stereocenters. The fourth-order valence-electron chi connectivity index (χ4n) is 1.37. The first-order valence-electron chi connectivity index (χ1n) is 5.65. The maximum absolute atomic E-state index is 11.7. The molecule has 0 aliphatic carbocycles. The zero-order chi connectivity index (χ0) is 13.5. The fourth-order valence-corrected chi connectivity index (χ4v) is 1.37. The molecule has 1 rings (SSSR count). The summed E-state index contributed by atoms with van der Waals surface area (Å²) in [4.78, 5) is 26.3. The van der Waals surface area contributed by atoms with Gasteiger partial charge in [0.05, 0.1) is 12.7 Å². The number of hydrogen-bond donors (Lipinski definition) is 2. The number of carbonyl (C=O) groups is 2. The number of rotatable bonds is 6. The maximum Gasteiger partial charge on any atom is 0.358 e. The molecule has 6 heteroatoms. The van der Waals surface area contributed by atoms with E-state index in [4.69, 9.17) is 9.84 Å². The van der Waals surface area contributed by atoms with Crippen LogP contribution in [-0.4, -0.2) is 35.6 Å². The van der Waals surface area contributed by atoms with Crippen LogP contribution in [0.25, 0.3) is 0 Å². The van der Waals surface area contributed by atoms with Gasteiger partial charge in [-0.3, -0.25) is 4.79 Å². The highest BCUT2D eigenvalue weighted by Crippen LogP contribution is 2.17. The Labute approximate surface area is 105 Å². The van der Waals surface area contributed by atoms with Crippen LogP contribution in [0.1, 0.15) is 40.6 Å². The average Bonchev–Trinajstić information content (AvgIpc) is 2.37. The van der Waals surface area contributed by atoms with Crippen LogP contribution in [-0.2, 0) is 0 Å². The molecule has 0 aliphatic heterocycles. The molecule has 98 valence electrons. The molecular formula is C12H16N2O4. The summed E-state index contributed by atoms with van der Waals surface area (Å²) in [7, 11) is 1.34. The SMILES string of the molecule is CCCCNC(=O)c1cnc(C(=O)O)c(OC)c1. The Bertz CT molecular complexity index is 446. The van der Waals surface area contributed by atoms with Gasteiger partial charge in [-0.25, -0.2) is 9.78 Å². The molecule has 1 aromatic rings. The summed E-state index contributed by atoms with van der Waals surface area (Å²) in [5.41, 5.74) is 0.0792. The smallest absolute Gasteiger partial charge is 0.358 e. The van der Waals surface area contributed by atoms with Gasteiger partial charge in [0.25, 0.3) is 5.91 Å². The Morgan fingerprint density at radius 2 is 2.22 bits per heavy atom. The zero-order valence-corrected chi connectivity index (χ0v) is 10.4. The van der Waals surface area contributed by atoms with E-state index in [0.29, 0.717) is 6.54 Å². The Hall–Kier alpha value is -2.11. The van der Waals surface area contributed by atoms with Gasteiger partial charge in [0.2, 0.25) is 0 Å². The second kappa shape index (κ2) is 6.58. The largest absolute Gasteiger partial charge is 0.494 e. The van der Waals surface area contributed by atoms with E-state index in [0.717, 1.165) is 12.8 Å². The van der Waals surface area contributed by atoms with Crippen molar-refractivity contribution in [3.8, 4) is 5.75 Å². The van der Waals surface area contributed by atoms with E-state index in [1.54, 1.807) is 0 Å². The first-order valence-corrected chi connectivity index (χ1v) is 5.65. The third-order valence-electron chi connectivity index (χ3n) is 2.35. The van der Waals surface area contributed by atoms with Gasteiger partial charge in [-0.05, 0) is 12.5 Å². The summed E-state index contributed by atoms with van der Waals surface area (Å²) >= 11 is 0. The lowest BCUT2D eigenvalue weighted by Gasteiger charge is -2.07. The highest BCUT2D eigenvalue weighted by atomic mass is 16.5. The lowest BCUT2D eigenvalue weighted by molar-refractivity contribution is 0.0685. The van der Waals surface area contributed by atoms with Gasteiger partial charge in [0, 0.05) is 12.7 Å². The molecule has 18 heavy (non-hydrogen) atoms. The second-order valence-electron chi connectivity index (χ2n) is 3.69. The van der Waals surface area contributed by atoms with Crippen molar-refractivity contribution in [3.05, 3.63) is 23.5 Å². The zero-order valence-electron chi connectivity index (χ0n) is 10.4. The Morgan fingerprint density at radius 1 is 1.50 bits per heavy atom. The van der Waals surface area contributed by atoms with Gasteiger partial charge in [-0.1, -0.05) is 13.3 Å². The van der Waals surface area contributed by atoms with Gasteiger partial charge >= 0.3 is 5.97 Å². The highest BCUT2D eigenvalue weighted by molar-refractivity contribution is 5.96. The number of pyridine rings is 1. The van der Waals surface area contributed by atoms with Crippen LogP contribution in [0.5, 0.6) is 5.75 Å². The molecule has 0 radical (unpaired) electrons. The topological polar surface area (TPSA) is 88.5 Å². The van der Waals surface area contributed by atoms with Crippen LogP contribution in [0.3, 0.4) is 0 Å². The first kappa shape index (κ1) is 14.0. The minimum atomic E-state index is -1.19. The Kier molecular flexibility index (Phi) is 5.10. The van der Waals surface area contributed by atoms with Crippen molar-refractivity contribution in [1.29, 1.82) is 0 Å². The first-order chi connectivity index (χ1) is 8.60. The lowest BCUT2D eigenvalue weighted by atomic mass is 10.2. The van der Waals surface area contributed by atoms with Crippen LogP contribution in [0.15, 0.2) is 12.3 Å². The summed E-state index contributed by atoms with van der Waals surface area (Å²) in [5, 5.41) is 11.6. The van der Waals surface area contributed by atoms with Crippen molar-refractivity contribution in [1.82, 2.24) is 10.3 Å². The van der Waals surface area contributed by atoms with E-state index in [-0.39, 0.29) is 22.9 Å². The lowest BCUT2D eigenvalue weighted by Crippen LogP contribution is -2.24. The standard InChI is InChI=1S/C12H16N2O4/c1-3-4-5-13-11(15)8-6-9(18-2)10(12(16)17)14-7-8/h6-7H,3-5H2,1-2H3,(H,13,15)(H,16,17). The van der Waals surface area contributed by atoms with Crippen molar-refractivity contribution >= 4 is 11.9 Å². The maximum atomic E-state index is 11.7. The third-order valence-corrected chi connectivity index (χ3v) is 2.35. The number of nitrogens with one attached hydrogen (secondary N) is 1. The minimum Gasteiger partial charge on any atom is -0.494 e. The molecule has 0 saturated carbocycles. The van der Waals surface area contributed by atoms with Crippen molar-refractivity contribution in [3.63, 3.8) is 0 Å². The molecule has 0 aromatic carbocycles. The van der Waals surface area contributed by atoms with Crippen molar-refractivity contribution in [2.24, 2.45) is 0 Å². The second-order valence-corrected chi connectivity index (χ2v) is 3.69. The molecule has 6 nitrogen and oxygen atoms in total. The summed E-state index contributed by atoms with van der Waals surface area (Å²) in [6.45, 7) is 2.61. The highest BCUT2D eigenvalue weighted by Gasteiger charge is 2.15. The van der Waals surface area contributed by atoms with Gasteiger partial charge in [0.15, 0.2) is 11.4 Å². The van der Waals surface area contributed by atoms with Crippen LogP contribution in [0, 0.1) is 0 Å². The van der Waals surface area contributed by atoms with Crippen LogP contribution >= 0.6 is 0 Å². The molecule has 0 spiro atoms. The number of methoxy groups -OCH3 is 1. The third kappa shape index (κ3) is 3.44. The Balaban J connectivity index is 2.85. The predicted molar refractivity (Wildman–Crippen MR) is 65.0 cm³/mol. The van der Waals surface area contributed by atoms with E-state index in [9.17, 15) is 9.59 Å². The number of aromatic carboxylic acids is 1. The van der Waals surface area contributed by atoms with Crippen molar-refractivity contribution < 1.29 is 19.4 Å². The van der Waals surface area contributed by atoms with Gasteiger partial charge in [-0.15, -0.1) is 0 Å². The van der Waals surface area contributed by atoms with E-state index in [2.05, 4.69) is 10.3 Å². The van der Waals surface area contributed by atoms with E-state index in [1.165, 1.54) is 19.4 Å². The molecule has 2 N–H and O–H groups in total. The number of carbonyl (C=O) groups excluding carboxylic acids is 1. The number of aromatic nitrogens is 1. The summed E-state index contributed by atoms with van der Waals surface area (Å²) in [6, 6.07) is 1.37. The molecule has 0 fully saturated rings. The molecular weight excluding hydrogens is 236 g/mol. The van der Waals surface area contributed by atoms with E-state index < -0.39 is 5.97 Å². The predicted octanol–water partition coefficient (Wildman–Crippen LogP) is 1.32.